The fourth-order valence-electron chi connectivity index (χ4n) is 2.59. The van der Waals surface area contributed by atoms with Gasteiger partial charge in [-0.2, -0.15) is 0 Å². The maximum atomic E-state index is 14.2. The zero-order valence-electron chi connectivity index (χ0n) is 11.9. The van der Waals surface area contributed by atoms with E-state index in [1.807, 2.05) is 4.90 Å². The number of aryl methyl sites for hydroxylation is 1. The van der Waals surface area contributed by atoms with Crippen LogP contribution in [0.2, 0.25) is 0 Å². The summed E-state index contributed by atoms with van der Waals surface area (Å²) in [6, 6.07) is 3.04. The van der Waals surface area contributed by atoms with Crippen LogP contribution < -0.4 is 5.73 Å². The monoisotopic (exact) mass is 276 g/mol. The second-order valence-electron chi connectivity index (χ2n) is 6.30. The maximum absolute atomic E-state index is 14.2. The molecule has 1 aromatic rings. The van der Waals surface area contributed by atoms with Gasteiger partial charge < -0.3 is 10.6 Å². The highest BCUT2D eigenvalue weighted by molar-refractivity contribution is 5.95. The van der Waals surface area contributed by atoms with Crippen molar-refractivity contribution in [3.05, 3.63) is 29.1 Å². The molecule has 0 aromatic heterocycles. The number of nitrogens with two attached hydrogens (primary N) is 1. The zero-order valence-corrected chi connectivity index (χ0v) is 11.9. The summed E-state index contributed by atoms with van der Waals surface area (Å²) in [5.74, 6) is 0.600. The Hall–Kier alpha value is -1.58. The molecule has 3 rings (SSSR count). The van der Waals surface area contributed by atoms with Gasteiger partial charge in [-0.05, 0) is 62.1 Å². The predicted octanol–water partition coefficient (Wildman–Crippen LogP) is 2.98. The van der Waals surface area contributed by atoms with Gasteiger partial charge in [0.15, 0.2) is 0 Å². The van der Waals surface area contributed by atoms with Crippen molar-refractivity contribution in [3.8, 4) is 0 Å². The molecule has 2 aliphatic carbocycles. The summed E-state index contributed by atoms with van der Waals surface area (Å²) in [5, 5.41) is 0. The molecule has 0 unspecified atom stereocenters. The lowest BCUT2D eigenvalue weighted by Crippen LogP contribution is -2.35. The van der Waals surface area contributed by atoms with Gasteiger partial charge in [0.2, 0.25) is 0 Å². The van der Waals surface area contributed by atoms with Gasteiger partial charge in [-0.1, -0.05) is 0 Å². The molecule has 0 aliphatic heterocycles. The van der Waals surface area contributed by atoms with E-state index in [1.165, 1.54) is 31.7 Å². The van der Waals surface area contributed by atoms with Crippen LogP contribution in [0.25, 0.3) is 0 Å². The summed E-state index contributed by atoms with van der Waals surface area (Å²) >= 11 is 0. The van der Waals surface area contributed by atoms with Crippen LogP contribution >= 0.6 is 0 Å². The summed E-state index contributed by atoms with van der Waals surface area (Å²) in [4.78, 5) is 14.5. The average molecular weight is 276 g/mol. The molecule has 0 bridgehead atoms. The highest BCUT2D eigenvalue weighted by Crippen LogP contribution is 2.34. The van der Waals surface area contributed by atoms with Gasteiger partial charge >= 0.3 is 0 Å². The first-order valence-electron chi connectivity index (χ1n) is 7.39. The van der Waals surface area contributed by atoms with Crippen molar-refractivity contribution >= 4 is 11.6 Å². The van der Waals surface area contributed by atoms with Crippen LogP contribution in [0.1, 0.15) is 41.6 Å². The van der Waals surface area contributed by atoms with Crippen molar-refractivity contribution in [1.82, 2.24) is 4.90 Å². The zero-order chi connectivity index (χ0) is 14.3. The number of amides is 1. The number of benzene rings is 1. The third-order valence-electron chi connectivity index (χ3n) is 4.15. The van der Waals surface area contributed by atoms with E-state index in [1.54, 1.807) is 13.0 Å². The van der Waals surface area contributed by atoms with Crippen LogP contribution in [-0.2, 0) is 0 Å². The fourth-order valence-corrected chi connectivity index (χ4v) is 2.59. The van der Waals surface area contributed by atoms with E-state index in [2.05, 4.69) is 0 Å². The van der Waals surface area contributed by atoms with Crippen LogP contribution in [0.5, 0.6) is 0 Å². The largest absolute Gasteiger partial charge is 0.399 e. The summed E-state index contributed by atoms with van der Waals surface area (Å²) in [6.07, 6.45) is 4.75. The number of anilines is 1. The quantitative estimate of drug-likeness (QED) is 0.840. The molecular formula is C16H21FN2O. The molecule has 2 N–H and O–H groups in total. The first-order chi connectivity index (χ1) is 9.54. The molecule has 2 saturated carbocycles. The third-order valence-corrected chi connectivity index (χ3v) is 4.15. The lowest BCUT2D eigenvalue weighted by molar-refractivity contribution is 0.0734. The minimum absolute atomic E-state index is 0.129. The SMILES string of the molecule is Cc1cc(N)cc(C(=O)N(CC2CC2)CC2CC2)c1F. The smallest absolute Gasteiger partial charge is 0.256 e. The Balaban J connectivity index is 1.83. The molecular weight excluding hydrogens is 255 g/mol. The van der Waals surface area contributed by atoms with Crippen LogP contribution in [0, 0.1) is 24.6 Å². The lowest BCUT2D eigenvalue weighted by atomic mass is 10.1. The minimum Gasteiger partial charge on any atom is -0.399 e. The van der Waals surface area contributed by atoms with Gasteiger partial charge in [0.1, 0.15) is 5.82 Å². The molecule has 0 saturated heterocycles. The Kier molecular flexibility index (Phi) is 3.40. The first kappa shape index (κ1) is 13.4. The lowest BCUT2D eigenvalue weighted by Gasteiger charge is -2.23. The van der Waals surface area contributed by atoms with Crippen molar-refractivity contribution in [2.24, 2.45) is 11.8 Å². The van der Waals surface area contributed by atoms with E-state index < -0.39 is 5.82 Å². The van der Waals surface area contributed by atoms with Crippen LogP contribution in [-0.4, -0.2) is 23.9 Å². The Morgan fingerprint density at radius 2 is 1.80 bits per heavy atom. The standard InChI is InChI=1S/C16H21FN2O/c1-10-6-13(18)7-14(15(10)17)16(20)19(8-11-2-3-11)9-12-4-5-12/h6-7,11-12H,2-5,8-9,18H2,1H3. The number of halogens is 1. The van der Waals surface area contributed by atoms with E-state index in [0.29, 0.717) is 23.1 Å². The Bertz CT molecular complexity index is 522. The maximum Gasteiger partial charge on any atom is 0.256 e. The molecule has 2 aliphatic rings. The number of carbonyl (C=O) groups is 1. The van der Waals surface area contributed by atoms with Crippen molar-refractivity contribution in [3.63, 3.8) is 0 Å². The van der Waals surface area contributed by atoms with E-state index in [4.69, 9.17) is 5.73 Å². The molecule has 1 aromatic carbocycles. The summed E-state index contributed by atoms with van der Waals surface area (Å²) in [5.41, 5.74) is 6.77. The highest BCUT2D eigenvalue weighted by atomic mass is 19.1. The molecule has 0 atom stereocenters. The number of nitrogen functional groups attached to an aromatic ring is 1. The van der Waals surface area contributed by atoms with Gasteiger partial charge in [0.25, 0.3) is 5.91 Å². The van der Waals surface area contributed by atoms with Gasteiger partial charge in [0, 0.05) is 18.8 Å². The number of hydrogen-bond acceptors (Lipinski definition) is 2. The molecule has 0 heterocycles. The fraction of sp³-hybridized carbons (Fsp3) is 0.562. The molecule has 3 nitrogen and oxygen atoms in total. The Labute approximate surface area is 118 Å². The molecule has 4 heteroatoms. The normalized spacial score (nSPS) is 18.1. The average Bonchev–Trinajstić information content (AvgIpc) is 3.27. The van der Waals surface area contributed by atoms with Crippen LogP contribution in [0.4, 0.5) is 10.1 Å². The van der Waals surface area contributed by atoms with Gasteiger partial charge in [-0.15, -0.1) is 0 Å². The van der Waals surface area contributed by atoms with Crippen molar-refractivity contribution in [2.45, 2.75) is 32.6 Å². The minimum atomic E-state index is -0.430. The second kappa shape index (κ2) is 5.08. The van der Waals surface area contributed by atoms with Crippen molar-refractivity contribution in [1.29, 1.82) is 0 Å². The van der Waals surface area contributed by atoms with Crippen molar-refractivity contribution < 1.29 is 9.18 Å². The molecule has 0 radical (unpaired) electrons. The van der Waals surface area contributed by atoms with Gasteiger partial charge in [-0.3, -0.25) is 4.79 Å². The molecule has 1 amide bonds. The second-order valence-corrected chi connectivity index (χ2v) is 6.30. The molecule has 0 spiro atoms. The van der Waals surface area contributed by atoms with E-state index in [-0.39, 0.29) is 11.5 Å². The third kappa shape index (κ3) is 2.94. The highest BCUT2D eigenvalue weighted by Gasteiger charge is 2.32. The van der Waals surface area contributed by atoms with Crippen molar-refractivity contribution in [2.75, 3.05) is 18.8 Å². The van der Waals surface area contributed by atoms with Crippen LogP contribution in [0.15, 0.2) is 12.1 Å². The number of nitrogens with zero attached hydrogens (tertiary/aromatic N) is 1. The van der Waals surface area contributed by atoms with E-state index in [0.717, 1.165) is 13.1 Å². The van der Waals surface area contributed by atoms with Crippen LogP contribution in [0.3, 0.4) is 0 Å². The molecule has 108 valence electrons. The Morgan fingerprint density at radius 3 is 2.30 bits per heavy atom. The van der Waals surface area contributed by atoms with E-state index >= 15 is 0 Å². The summed E-state index contributed by atoms with van der Waals surface area (Å²) < 4.78 is 14.2. The molecule has 20 heavy (non-hydrogen) atoms. The van der Waals surface area contributed by atoms with Gasteiger partial charge in [-0.25, -0.2) is 4.39 Å². The summed E-state index contributed by atoms with van der Waals surface area (Å²) in [6.45, 7) is 3.18. The molecule has 2 fully saturated rings. The van der Waals surface area contributed by atoms with E-state index in [9.17, 15) is 9.18 Å². The Morgan fingerprint density at radius 1 is 1.25 bits per heavy atom. The number of rotatable bonds is 5. The first-order valence-corrected chi connectivity index (χ1v) is 7.39. The topological polar surface area (TPSA) is 46.3 Å². The number of hydrogen-bond donors (Lipinski definition) is 1. The summed E-state index contributed by atoms with van der Waals surface area (Å²) in [7, 11) is 0. The van der Waals surface area contributed by atoms with Gasteiger partial charge in [0.05, 0.1) is 5.56 Å². The predicted molar refractivity (Wildman–Crippen MR) is 76.9 cm³/mol. The number of carbonyl (C=O) groups excluding carboxylic acids is 1.